The summed E-state index contributed by atoms with van der Waals surface area (Å²) in [6.45, 7) is 0. The number of hydrogen-bond acceptors (Lipinski definition) is 5. The summed E-state index contributed by atoms with van der Waals surface area (Å²) in [7, 11) is 0. The Morgan fingerprint density at radius 3 is 1.58 bits per heavy atom. The van der Waals surface area contributed by atoms with Crippen LogP contribution in [0.2, 0.25) is 10.0 Å². The highest BCUT2D eigenvalue weighted by Crippen LogP contribution is 2.44. The summed E-state index contributed by atoms with van der Waals surface area (Å²) in [5.74, 6) is -0.391. The van der Waals surface area contributed by atoms with Crippen molar-refractivity contribution in [3.8, 4) is 22.5 Å². The molecule has 0 unspecified atom stereocenters. The standard InChI is InChI=1S/C34H19Cl2F2N5/c35-20-9-11-26(37)24(15-20)30-17-32(22-5-1-3-7-28(22)41-30)43(34-13-14-39-19-40-34)33-18-31(25-16-21(36)10-12-27(25)38)42-29-8-4-2-6-23(29)33/h1-19H. The molecule has 0 bridgehead atoms. The van der Waals surface area contributed by atoms with Gasteiger partial charge in [0.05, 0.1) is 33.8 Å². The molecule has 4 aromatic carbocycles. The molecule has 7 rings (SSSR count). The first-order valence-corrected chi connectivity index (χ1v) is 14.0. The number of pyridine rings is 2. The molecule has 3 heterocycles. The van der Waals surface area contributed by atoms with Gasteiger partial charge in [-0.1, -0.05) is 59.6 Å². The Bertz CT molecular complexity index is 2020. The van der Waals surface area contributed by atoms with E-state index in [1.807, 2.05) is 53.4 Å². The summed E-state index contributed by atoms with van der Waals surface area (Å²) < 4.78 is 30.3. The van der Waals surface area contributed by atoms with Gasteiger partial charge in [0.15, 0.2) is 0 Å². The van der Waals surface area contributed by atoms with Crippen molar-refractivity contribution in [2.75, 3.05) is 4.90 Å². The van der Waals surface area contributed by atoms with Crippen LogP contribution < -0.4 is 4.90 Å². The predicted molar refractivity (Wildman–Crippen MR) is 168 cm³/mol. The Hall–Kier alpha value is -4.98. The molecule has 0 radical (unpaired) electrons. The third kappa shape index (κ3) is 5.03. The fourth-order valence-corrected chi connectivity index (χ4v) is 5.48. The van der Waals surface area contributed by atoms with Gasteiger partial charge in [-0.05, 0) is 66.7 Å². The van der Waals surface area contributed by atoms with E-state index in [0.717, 1.165) is 10.8 Å². The van der Waals surface area contributed by atoms with Crippen LogP contribution in [0, 0.1) is 11.6 Å². The number of hydrogen-bond donors (Lipinski definition) is 0. The van der Waals surface area contributed by atoms with Gasteiger partial charge in [-0.15, -0.1) is 0 Å². The molecule has 0 N–H and O–H groups in total. The van der Waals surface area contributed by atoms with Crippen molar-refractivity contribution in [1.29, 1.82) is 0 Å². The zero-order valence-electron chi connectivity index (χ0n) is 22.2. The van der Waals surface area contributed by atoms with Crippen molar-refractivity contribution >= 4 is 62.2 Å². The number of aromatic nitrogens is 4. The molecule has 0 fully saturated rings. The quantitative estimate of drug-likeness (QED) is 0.195. The molecule has 43 heavy (non-hydrogen) atoms. The maximum atomic E-state index is 15.2. The third-order valence-electron chi connectivity index (χ3n) is 7.07. The number of anilines is 3. The van der Waals surface area contributed by atoms with Gasteiger partial charge in [-0.3, -0.25) is 4.90 Å². The molecule has 0 aliphatic carbocycles. The number of halogens is 4. The molecule has 5 nitrogen and oxygen atoms in total. The second-order valence-electron chi connectivity index (χ2n) is 9.74. The number of fused-ring (bicyclic) bond motifs is 2. The van der Waals surface area contributed by atoms with Gasteiger partial charge in [0.25, 0.3) is 0 Å². The van der Waals surface area contributed by atoms with E-state index in [4.69, 9.17) is 33.2 Å². The van der Waals surface area contributed by atoms with Crippen LogP contribution in [-0.4, -0.2) is 19.9 Å². The van der Waals surface area contributed by atoms with Crippen LogP contribution in [0.3, 0.4) is 0 Å². The summed E-state index contributed by atoms with van der Waals surface area (Å²) in [6, 6.07) is 29.2. The summed E-state index contributed by atoms with van der Waals surface area (Å²) in [5.41, 5.74) is 3.85. The van der Waals surface area contributed by atoms with Crippen molar-refractivity contribution in [3.63, 3.8) is 0 Å². The number of nitrogens with zero attached hydrogens (tertiary/aromatic N) is 5. The van der Waals surface area contributed by atoms with E-state index in [2.05, 4.69) is 9.97 Å². The summed E-state index contributed by atoms with van der Waals surface area (Å²) in [5, 5.41) is 2.33. The highest BCUT2D eigenvalue weighted by atomic mass is 35.5. The van der Waals surface area contributed by atoms with E-state index in [9.17, 15) is 0 Å². The molecule has 9 heteroatoms. The van der Waals surface area contributed by atoms with E-state index >= 15 is 8.78 Å². The van der Waals surface area contributed by atoms with Crippen molar-refractivity contribution in [2.45, 2.75) is 0 Å². The first-order valence-electron chi connectivity index (χ1n) is 13.2. The normalized spacial score (nSPS) is 11.3. The lowest BCUT2D eigenvalue weighted by molar-refractivity contribution is 0.630. The molecule has 3 aromatic heterocycles. The Morgan fingerprint density at radius 1 is 0.581 bits per heavy atom. The highest BCUT2D eigenvalue weighted by molar-refractivity contribution is 6.31. The van der Waals surface area contributed by atoms with Crippen LogP contribution in [0.25, 0.3) is 44.3 Å². The first kappa shape index (κ1) is 26.9. The smallest absolute Gasteiger partial charge is 0.140 e. The zero-order valence-corrected chi connectivity index (χ0v) is 23.7. The van der Waals surface area contributed by atoms with Gasteiger partial charge in [-0.25, -0.2) is 28.7 Å². The summed E-state index contributed by atoms with van der Waals surface area (Å²) >= 11 is 12.6. The van der Waals surface area contributed by atoms with Crippen LogP contribution in [0.1, 0.15) is 0 Å². The zero-order chi connectivity index (χ0) is 29.5. The molecule has 208 valence electrons. The van der Waals surface area contributed by atoms with Crippen molar-refractivity contribution in [3.05, 3.63) is 137 Å². The van der Waals surface area contributed by atoms with Crippen LogP contribution in [0.5, 0.6) is 0 Å². The topological polar surface area (TPSA) is 54.8 Å². The molecule has 0 aliphatic rings. The van der Waals surface area contributed by atoms with E-state index < -0.39 is 11.6 Å². The van der Waals surface area contributed by atoms with Crippen molar-refractivity contribution in [2.24, 2.45) is 0 Å². The minimum absolute atomic E-state index is 0.253. The lowest BCUT2D eigenvalue weighted by Crippen LogP contribution is -2.14. The first-order chi connectivity index (χ1) is 21.0. The number of benzene rings is 4. The number of para-hydroxylation sites is 2. The minimum atomic E-state index is -0.459. The Morgan fingerprint density at radius 2 is 1.09 bits per heavy atom. The van der Waals surface area contributed by atoms with E-state index in [-0.39, 0.29) is 11.1 Å². The van der Waals surface area contributed by atoms with Crippen molar-refractivity contribution in [1.82, 2.24) is 19.9 Å². The van der Waals surface area contributed by atoms with Crippen LogP contribution >= 0.6 is 23.2 Å². The lowest BCUT2D eigenvalue weighted by atomic mass is 10.0. The van der Waals surface area contributed by atoms with Gasteiger partial charge in [0.2, 0.25) is 0 Å². The van der Waals surface area contributed by atoms with Gasteiger partial charge >= 0.3 is 0 Å². The molecule has 0 saturated carbocycles. The van der Waals surface area contributed by atoms with Gasteiger partial charge in [0.1, 0.15) is 23.8 Å². The molecule has 0 atom stereocenters. The predicted octanol–water partition coefficient (Wildman–Crippen LogP) is 9.96. The molecular weight excluding hydrogens is 587 g/mol. The maximum absolute atomic E-state index is 15.2. The monoisotopic (exact) mass is 605 g/mol. The second-order valence-corrected chi connectivity index (χ2v) is 10.6. The van der Waals surface area contributed by atoms with Crippen LogP contribution in [0.4, 0.5) is 26.0 Å². The largest absolute Gasteiger partial charge is 0.293 e. The lowest BCUT2D eigenvalue weighted by Gasteiger charge is -2.27. The maximum Gasteiger partial charge on any atom is 0.140 e. The number of rotatable bonds is 5. The SMILES string of the molecule is Fc1ccc(Cl)cc1-c1cc(N(c2ccncn2)c2cc(-c3cc(Cl)ccc3F)nc3ccccc23)c2ccccc2n1. The fraction of sp³-hybridized carbons (Fsp3) is 0. The summed E-state index contributed by atoms with van der Waals surface area (Å²) in [4.78, 5) is 20.2. The highest BCUT2D eigenvalue weighted by Gasteiger charge is 2.23. The molecule has 0 saturated heterocycles. The summed E-state index contributed by atoms with van der Waals surface area (Å²) in [6.07, 6.45) is 3.08. The average Bonchev–Trinajstić information content (AvgIpc) is 3.03. The molecule has 7 aromatic rings. The van der Waals surface area contributed by atoms with Gasteiger partial charge in [0, 0.05) is 38.1 Å². The van der Waals surface area contributed by atoms with E-state index in [1.165, 1.54) is 30.6 Å². The van der Waals surface area contributed by atoms with Crippen LogP contribution in [0.15, 0.2) is 116 Å². The molecular formula is C34H19Cl2F2N5. The third-order valence-corrected chi connectivity index (χ3v) is 7.54. The van der Waals surface area contributed by atoms with Crippen LogP contribution in [-0.2, 0) is 0 Å². The molecule has 0 aliphatic heterocycles. The molecule has 0 spiro atoms. The minimum Gasteiger partial charge on any atom is -0.293 e. The second kappa shape index (κ2) is 11.0. The Kier molecular flexibility index (Phi) is 6.89. The average molecular weight is 606 g/mol. The fourth-order valence-electron chi connectivity index (χ4n) is 5.14. The molecule has 0 amide bonds. The van der Waals surface area contributed by atoms with E-state index in [1.54, 1.807) is 36.5 Å². The van der Waals surface area contributed by atoms with Gasteiger partial charge in [-0.2, -0.15) is 0 Å². The van der Waals surface area contributed by atoms with Crippen molar-refractivity contribution < 1.29 is 8.78 Å². The Labute approximate surface area is 255 Å². The van der Waals surface area contributed by atoms with Gasteiger partial charge < -0.3 is 0 Å². The Balaban J connectivity index is 1.58. The van der Waals surface area contributed by atoms with E-state index in [0.29, 0.717) is 49.7 Å².